The first-order valence-corrected chi connectivity index (χ1v) is 8.55. The highest BCUT2D eigenvalue weighted by Gasteiger charge is 2.14. The Morgan fingerprint density at radius 1 is 1.27 bits per heavy atom. The smallest absolute Gasteiger partial charge is 0.287 e. The summed E-state index contributed by atoms with van der Waals surface area (Å²) in [6, 6.07) is 5.13. The lowest BCUT2D eigenvalue weighted by atomic mass is 10.2. The van der Waals surface area contributed by atoms with Crippen LogP contribution in [0.1, 0.15) is 31.0 Å². The summed E-state index contributed by atoms with van der Waals surface area (Å²) < 4.78 is 1.25. The van der Waals surface area contributed by atoms with Crippen LogP contribution >= 0.6 is 0 Å². The second kappa shape index (κ2) is 7.81. The van der Waals surface area contributed by atoms with Gasteiger partial charge < -0.3 is 15.9 Å². The number of rotatable bonds is 7. The van der Waals surface area contributed by atoms with Gasteiger partial charge in [-0.15, -0.1) is 4.73 Å². The standard InChI is InChI=1S/C18H22N6O2/c1-3-4-7-26-24-16(25)8-14(17-12(2)22-11-23-18(17)24)20-9-13-5-6-15(19)21-10-13/h5-6,8,10-11,20H,3-4,7,9H2,1-2H3,(H2,19,21). The number of nitrogens with two attached hydrogens (primary N) is 1. The van der Waals surface area contributed by atoms with Crippen LogP contribution in [0.3, 0.4) is 0 Å². The normalized spacial score (nSPS) is 10.8. The number of pyridine rings is 2. The third kappa shape index (κ3) is 3.74. The van der Waals surface area contributed by atoms with Crippen molar-refractivity contribution in [3.05, 3.63) is 52.3 Å². The number of aryl methyl sites for hydroxylation is 1. The number of nitrogen functional groups attached to an aromatic ring is 1. The molecule has 0 aromatic carbocycles. The fourth-order valence-electron chi connectivity index (χ4n) is 2.59. The largest absolute Gasteiger partial charge is 0.409 e. The van der Waals surface area contributed by atoms with E-state index >= 15 is 0 Å². The Kier molecular flexibility index (Phi) is 5.31. The number of unbranched alkanes of at least 4 members (excludes halogenated alkanes) is 1. The number of hydrogen-bond acceptors (Lipinski definition) is 7. The summed E-state index contributed by atoms with van der Waals surface area (Å²) in [6.07, 6.45) is 4.98. The molecule has 0 amide bonds. The van der Waals surface area contributed by atoms with Crippen molar-refractivity contribution in [2.75, 3.05) is 17.7 Å². The highest BCUT2D eigenvalue weighted by Crippen LogP contribution is 2.22. The summed E-state index contributed by atoms with van der Waals surface area (Å²) in [5.74, 6) is 0.468. The Labute approximate surface area is 151 Å². The van der Waals surface area contributed by atoms with E-state index in [2.05, 4.69) is 27.2 Å². The molecule has 0 unspecified atom stereocenters. The molecule has 0 saturated carbocycles. The maximum absolute atomic E-state index is 12.5. The maximum atomic E-state index is 12.5. The van der Waals surface area contributed by atoms with Gasteiger partial charge in [-0.25, -0.2) is 15.0 Å². The first-order valence-electron chi connectivity index (χ1n) is 8.55. The fourth-order valence-corrected chi connectivity index (χ4v) is 2.59. The van der Waals surface area contributed by atoms with E-state index in [1.807, 2.05) is 13.0 Å². The molecule has 0 fully saturated rings. The molecule has 0 atom stereocenters. The predicted octanol–water partition coefficient (Wildman–Crippen LogP) is 1.92. The van der Waals surface area contributed by atoms with Crippen molar-refractivity contribution in [1.82, 2.24) is 19.7 Å². The van der Waals surface area contributed by atoms with E-state index in [4.69, 9.17) is 10.6 Å². The van der Waals surface area contributed by atoms with Gasteiger partial charge in [-0.1, -0.05) is 19.4 Å². The Morgan fingerprint density at radius 3 is 2.85 bits per heavy atom. The van der Waals surface area contributed by atoms with Gasteiger partial charge in [0.05, 0.1) is 16.8 Å². The summed E-state index contributed by atoms with van der Waals surface area (Å²) in [4.78, 5) is 30.8. The number of nitrogens with zero attached hydrogens (tertiary/aromatic N) is 4. The van der Waals surface area contributed by atoms with E-state index < -0.39 is 0 Å². The van der Waals surface area contributed by atoms with Crippen LogP contribution in [0.5, 0.6) is 0 Å². The van der Waals surface area contributed by atoms with E-state index in [1.165, 1.54) is 17.1 Å². The van der Waals surface area contributed by atoms with Crippen LogP contribution in [0.2, 0.25) is 0 Å². The van der Waals surface area contributed by atoms with Crippen molar-refractivity contribution in [1.29, 1.82) is 0 Å². The molecule has 0 bridgehead atoms. The molecule has 136 valence electrons. The minimum atomic E-state index is -0.273. The summed E-state index contributed by atoms with van der Waals surface area (Å²) in [5.41, 5.74) is 8.17. The van der Waals surface area contributed by atoms with Crippen molar-refractivity contribution in [3.63, 3.8) is 0 Å². The lowest BCUT2D eigenvalue weighted by Crippen LogP contribution is -2.29. The van der Waals surface area contributed by atoms with Crippen molar-refractivity contribution in [2.24, 2.45) is 0 Å². The second-order valence-electron chi connectivity index (χ2n) is 5.98. The number of aromatic nitrogens is 4. The Hall–Kier alpha value is -3.16. The summed E-state index contributed by atoms with van der Waals surface area (Å²) in [5, 5.41) is 4.03. The molecule has 8 nitrogen and oxygen atoms in total. The number of anilines is 2. The zero-order valence-corrected chi connectivity index (χ0v) is 14.9. The summed E-state index contributed by atoms with van der Waals surface area (Å²) >= 11 is 0. The molecule has 3 heterocycles. The van der Waals surface area contributed by atoms with Gasteiger partial charge in [-0.05, 0) is 25.0 Å². The molecular formula is C18H22N6O2. The summed E-state index contributed by atoms with van der Waals surface area (Å²) in [6.45, 7) is 4.89. The van der Waals surface area contributed by atoms with E-state index in [-0.39, 0.29) is 5.56 Å². The zero-order valence-electron chi connectivity index (χ0n) is 14.9. The Balaban J connectivity index is 1.96. The van der Waals surface area contributed by atoms with Crippen molar-refractivity contribution >= 4 is 22.5 Å². The number of nitrogens with one attached hydrogen (secondary N) is 1. The van der Waals surface area contributed by atoms with Crippen molar-refractivity contribution < 1.29 is 4.84 Å². The van der Waals surface area contributed by atoms with Gasteiger partial charge in [0, 0.05) is 18.8 Å². The van der Waals surface area contributed by atoms with Gasteiger partial charge in [-0.2, -0.15) is 0 Å². The van der Waals surface area contributed by atoms with E-state index in [0.717, 1.165) is 29.5 Å². The molecule has 0 spiro atoms. The molecule has 3 aromatic rings. The van der Waals surface area contributed by atoms with Crippen LogP contribution in [-0.4, -0.2) is 26.3 Å². The van der Waals surface area contributed by atoms with Crippen LogP contribution in [0.4, 0.5) is 11.5 Å². The zero-order chi connectivity index (χ0) is 18.5. The molecule has 0 saturated heterocycles. The molecule has 0 radical (unpaired) electrons. The molecular weight excluding hydrogens is 332 g/mol. The quantitative estimate of drug-likeness (QED) is 0.624. The number of hydrogen-bond donors (Lipinski definition) is 2. The monoisotopic (exact) mass is 354 g/mol. The first-order chi connectivity index (χ1) is 12.6. The molecule has 3 rings (SSSR count). The predicted molar refractivity (Wildman–Crippen MR) is 101 cm³/mol. The van der Waals surface area contributed by atoms with E-state index in [1.54, 1.807) is 12.3 Å². The lowest BCUT2D eigenvalue weighted by molar-refractivity contribution is 0.108. The molecule has 26 heavy (non-hydrogen) atoms. The van der Waals surface area contributed by atoms with Gasteiger partial charge in [0.15, 0.2) is 5.65 Å². The van der Waals surface area contributed by atoms with Gasteiger partial charge >= 0.3 is 0 Å². The number of fused-ring (bicyclic) bond motifs is 1. The van der Waals surface area contributed by atoms with Crippen molar-refractivity contribution in [3.8, 4) is 0 Å². The maximum Gasteiger partial charge on any atom is 0.287 e. The highest BCUT2D eigenvalue weighted by atomic mass is 16.7. The topological polar surface area (TPSA) is 108 Å². The lowest BCUT2D eigenvalue weighted by Gasteiger charge is -2.15. The minimum Gasteiger partial charge on any atom is -0.409 e. The first kappa shape index (κ1) is 17.7. The average molecular weight is 354 g/mol. The van der Waals surface area contributed by atoms with Gasteiger partial charge in [0.25, 0.3) is 5.56 Å². The summed E-state index contributed by atoms with van der Waals surface area (Å²) in [7, 11) is 0. The third-order valence-corrected chi connectivity index (χ3v) is 4.00. The van der Waals surface area contributed by atoms with E-state index in [0.29, 0.717) is 30.3 Å². The van der Waals surface area contributed by atoms with Gasteiger partial charge in [0.1, 0.15) is 18.8 Å². The van der Waals surface area contributed by atoms with Crippen LogP contribution in [0.15, 0.2) is 35.5 Å². The molecule has 3 N–H and O–H groups in total. The van der Waals surface area contributed by atoms with E-state index in [9.17, 15) is 4.79 Å². The molecule has 0 aliphatic heterocycles. The second-order valence-corrected chi connectivity index (χ2v) is 5.98. The van der Waals surface area contributed by atoms with Crippen LogP contribution < -0.4 is 21.4 Å². The van der Waals surface area contributed by atoms with Crippen LogP contribution in [-0.2, 0) is 6.54 Å². The fraction of sp³-hybridized carbons (Fsp3) is 0.333. The Morgan fingerprint density at radius 2 is 2.12 bits per heavy atom. The third-order valence-electron chi connectivity index (χ3n) is 4.00. The highest BCUT2D eigenvalue weighted by molar-refractivity contribution is 5.90. The molecule has 3 aromatic heterocycles. The minimum absolute atomic E-state index is 0.273. The Bertz CT molecular complexity index is 952. The molecule has 8 heteroatoms. The van der Waals surface area contributed by atoms with Gasteiger partial charge in [0.2, 0.25) is 0 Å². The van der Waals surface area contributed by atoms with Crippen LogP contribution in [0, 0.1) is 6.92 Å². The van der Waals surface area contributed by atoms with Crippen LogP contribution in [0.25, 0.3) is 11.0 Å². The van der Waals surface area contributed by atoms with Crippen molar-refractivity contribution in [2.45, 2.75) is 33.2 Å². The molecule has 0 aliphatic carbocycles. The molecule has 0 aliphatic rings. The van der Waals surface area contributed by atoms with Gasteiger partial charge in [-0.3, -0.25) is 4.79 Å². The SMILES string of the molecule is CCCCOn1c(=O)cc(NCc2ccc(N)nc2)c2c(C)ncnc21. The average Bonchev–Trinajstić information content (AvgIpc) is 2.63.